The zero-order valence-electron chi connectivity index (χ0n) is 23.5. The van der Waals surface area contributed by atoms with Crippen molar-refractivity contribution >= 4 is 11.4 Å². The van der Waals surface area contributed by atoms with Crippen LogP contribution in [0.15, 0.2) is 24.3 Å². The van der Waals surface area contributed by atoms with Gasteiger partial charge in [0.2, 0.25) is 0 Å². The van der Waals surface area contributed by atoms with Gasteiger partial charge >= 0.3 is 0 Å². The van der Waals surface area contributed by atoms with Gasteiger partial charge in [0.1, 0.15) is 38.6 Å². The predicted molar refractivity (Wildman–Crippen MR) is 149 cm³/mol. The van der Waals surface area contributed by atoms with Crippen LogP contribution in [0.5, 0.6) is 23.0 Å². The Kier molecular flexibility index (Phi) is 16.2. The van der Waals surface area contributed by atoms with Crippen molar-refractivity contribution in [3.63, 3.8) is 0 Å². The molecule has 224 valence electrons. The Balaban J connectivity index is 1.57. The molecule has 41 heavy (non-hydrogen) atoms. The second kappa shape index (κ2) is 20.0. The average molecular weight is 575 g/mol. The Hall–Kier alpha value is -3.98. The van der Waals surface area contributed by atoms with Crippen LogP contribution < -0.4 is 30.4 Å². The molecule has 0 atom stereocenters. The summed E-state index contributed by atoms with van der Waals surface area (Å²) in [6.45, 7) is 4.11. The normalized spacial score (nSPS) is 10.5. The molecule has 2 rings (SSSR count). The lowest BCUT2D eigenvalue weighted by molar-refractivity contribution is 0.00469. The number of nitrogens with two attached hydrogens (primary N) is 2. The number of nitriles is 2. The van der Waals surface area contributed by atoms with Gasteiger partial charge in [-0.1, -0.05) is 0 Å². The van der Waals surface area contributed by atoms with E-state index >= 15 is 0 Å². The quantitative estimate of drug-likeness (QED) is 0.154. The zero-order valence-corrected chi connectivity index (χ0v) is 23.5. The lowest BCUT2D eigenvalue weighted by atomic mass is 10.2. The highest BCUT2D eigenvalue weighted by Gasteiger charge is 2.12. The van der Waals surface area contributed by atoms with E-state index in [1.165, 1.54) is 0 Å². The van der Waals surface area contributed by atoms with Gasteiger partial charge in [-0.25, -0.2) is 0 Å². The number of methoxy groups -OCH3 is 2. The van der Waals surface area contributed by atoms with Crippen molar-refractivity contribution in [3.8, 4) is 35.1 Å². The van der Waals surface area contributed by atoms with Gasteiger partial charge in [-0.3, -0.25) is 0 Å². The minimum absolute atomic E-state index is 0.253. The number of nitrogen functional groups attached to an aromatic ring is 2. The van der Waals surface area contributed by atoms with Gasteiger partial charge in [-0.2, -0.15) is 10.5 Å². The fourth-order valence-electron chi connectivity index (χ4n) is 3.23. The van der Waals surface area contributed by atoms with Crippen LogP contribution in [0.1, 0.15) is 11.1 Å². The fourth-order valence-corrected chi connectivity index (χ4v) is 3.23. The minimum Gasteiger partial charge on any atom is -0.487 e. The number of nitrogens with zero attached hydrogens (tertiary/aromatic N) is 2. The van der Waals surface area contributed by atoms with E-state index < -0.39 is 0 Å². The van der Waals surface area contributed by atoms with Crippen molar-refractivity contribution in [2.75, 3.05) is 105 Å². The van der Waals surface area contributed by atoms with Gasteiger partial charge in [0.05, 0.1) is 75.4 Å². The summed E-state index contributed by atoms with van der Waals surface area (Å²) in [5, 5.41) is 18.4. The van der Waals surface area contributed by atoms with Crippen LogP contribution in [-0.2, 0) is 23.7 Å². The Morgan fingerprint density at radius 3 is 1.10 bits per heavy atom. The summed E-state index contributed by atoms with van der Waals surface area (Å²) in [4.78, 5) is 0. The van der Waals surface area contributed by atoms with Crippen molar-refractivity contribution in [2.45, 2.75) is 0 Å². The summed E-state index contributed by atoms with van der Waals surface area (Å²) < 4.78 is 49.2. The van der Waals surface area contributed by atoms with E-state index in [9.17, 15) is 10.5 Å². The van der Waals surface area contributed by atoms with Crippen LogP contribution >= 0.6 is 0 Å². The van der Waals surface area contributed by atoms with Gasteiger partial charge in [-0.15, -0.1) is 0 Å². The average Bonchev–Trinajstić information content (AvgIpc) is 2.97. The van der Waals surface area contributed by atoms with E-state index in [0.29, 0.717) is 112 Å². The van der Waals surface area contributed by atoms with Crippen molar-refractivity contribution in [1.82, 2.24) is 0 Å². The minimum atomic E-state index is 0.253. The molecular weight excluding hydrogens is 536 g/mol. The van der Waals surface area contributed by atoms with Crippen LogP contribution in [0.25, 0.3) is 0 Å². The number of rotatable bonds is 22. The third-order valence-corrected chi connectivity index (χ3v) is 5.28. The Morgan fingerprint density at radius 1 is 0.488 bits per heavy atom. The fraction of sp³-hybridized carbons (Fsp3) is 0.500. The van der Waals surface area contributed by atoms with Gasteiger partial charge in [0.15, 0.2) is 23.0 Å². The first-order chi connectivity index (χ1) is 20.0. The maximum Gasteiger partial charge on any atom is 0.163 e. The third kappa shape index (κ3) is 12.4. The lowest BCUT2D eigenvalue weighted by Gasteiger charge is -2.14. The molecule has 0 saturated heterocycles. The summed E-state index contributed by atoms with van der Waals surface area (Å²) in [6.07, 6.45) is 0. The van der Waals surface area contributed by atoms with E-state index in [2.05, 4.69) is 0 Å². The van der Waals surface area contributed by atoms with E-state index in [4.69, 9.17) is 54.1 Å². The summed E-state index contributed by atoms with van der Waals surface area (Å²) in [5.74, 6) is 1.68. The number of hydrogen-bond acceptors (Lipinski definition) is 13. The van der Waals surface area contributed by atoms with E-state index in [1.807, 2.05) is 12.1 Å². The van der Waals surface area contributed by atoms with Gasteiger partial charge < -0.3 is 54.1 Å². The van der Waals surface area contributed by atoms with Crippen molar-refractivity contribution in [1.29, 1.82) is 10.5 Å². The van der Waals surface area contributed by atoms with Crippen molar-refractivity contribution in [3.05, 3.63) is 35.4 Å². The molecule has 0 saturated carbocycles. The molecule has 0 heterocycles. The molecule has 0 aliphatic heterocycles. The van der Waals surface area contributed by atoms with Gasteiger partial charge in [0.25, 0.3) is 0 Å². The van der Waals surface area contributed by atoms with E-state index in [0.717, 1.165) is 0 Å². The van der Waals surface area contributed by atoms with E-state index in [-0.39, 0.29) is 13.2 Å². The maximum atomic E-state index is 9.22. The summed E-state index contributed by atoms with van der Waals surface area (Å²) >= 11 is 0. The summed E-state index contributed by atoms with van der Waals surface area (Å²) in [5.41, 5.74) is 13.0. The summed E-state index contributed by atoms with van der Waals surface area (Å²) in [7, 11) is 3.15. The first-order valence-corrected chi connectivity index (χ1v) is 12.9. The smallest absolute Gasteiger partial charge is 0.163 e. The van der Waals surface area contributed by atoms with Crippen LogP contribution in [0.4, 0.5) is 11.4 Å². The van der Waals surface area contributed by atoms with Crippen LogP contribution in [0.3, 0.4) is 0 Å². The number of ether oxygens (including phenoxy) is 9. The maximum absolute atomic E-state index is 9.22. The molecule has 0 bridgehead atoms. The lowest BCUT2D eigenvalue weighted by Crippen LogP contribution is -2.15. The van der Waals surface area contributed by atoms with Gasteiger partial charge in [0, 0.05) is 38.5 Å². The highest BCUT2D eigenvalue weighted by Crippen LogP contribution is 2.33. The number of benzene rings is 2. The molecule has 13 nitrogen and oxygen atoms in total. The largest absolute Gasteiger partial charge is 0.487 e. The highest BCUT2D eigenvalue weighted by atomic mass is 16.6. The molecule has 13 heteroatoms. The zero-order chi connectivity index (χ0) is 29.7. The molecule has 0 spiro atoms. The number of anilines is 2. The Labute approximate surface area is 240 Å². The molecule has 4 N–H and O–H groups in total. The SMILES string of the molecule is COCCOc1cc(C#N)c(N)cc1OCCOCCOCCOCCOc1cc(C#N)c(N)cc1OCCOC. The van der Waals surface area contributed by atoms with Crippen LogP contribution in [-0.4, -0.2) is 93.5 Å². The first kappa shape index (κ1) is 33.2. The molecule has 2 aromatic carbocycles. The Bertz CT molecular complexity index is 1140. The topological polar surface area (TPSA) is 183 Å². The van der Waals surface area contributed by atoms with Crippen molar-refractivity contribution in [2.24, 2.45) is 0 Å². The molecule has 0 aliphatic carbocycles. The Morgan fingerprint density at radius 2 is 0.780 bits per heavy atom. The van der Waals surface area contributed by atoms with Crippen LogP contribution in [0.2, 0.25) is 0 Å². The molecule has 0 aromatic heterocycles. The summed E-state index contributed by atoms with van der Waals surface area (Å²) in [6, 6.07) is 10.3. The third-order valence-electron chi connectivity index (χ3n) is 5.28. The van der Waals surface area contributed by atoms with Gasteiger partial charge in [-0.05, 0) is 0 Å². The molecule has 0 fully saturated rings. The molecule has 0 amide bonds. The monoisotopic (exact) mass is 574 g/mol. The van der Waals surface area contributed by atoms with E-state index in [1.54, 1.807) is 38.5 Å². The standard InChI is InChI=1S/C28H38N4O9/c1-33-3-11-38-25-15-21(19-29)24(32)18-28(25)41-14-10-37-8-6-35-5-7-36-9-13-40-26-16-22(20-30)23(31)17-27(26)39-12-4-34-2/h15-18H,3-14,31-32H2,1-2H3. The van der Waals surface area contributed by atoms with Crippen molar-refractivity contribution < 1.29 is 42.6 Å². The second-order valence-electron chi connectivity index (χ2n) is 8.21. The predicted octanol–water partition coefficient (Wildman–Crippen LogP) is 2.15. The first-order valence-electron chi connectivity index (χ1n) is 12.9. The second-order valence-corrected chi connectivity index (χ2v) is 8.21. The highest BCUT2D eigenvalue weighted by molar-refractivity contribution is 5.63. The molecule has 2 aromatic rings. The number of hydrogen-bond donors (Lipinski definition) is 2. The van der Waals surface area contributed by atoms with Crippen LogP contribution in [0, 0.1) is 22.7 Å². The molecule has 0 aliphatic rings. The molecule has 0 unspecified atom stereocenters. The molecular formula is C28H38N4O9. The molecule has 0 radical (unpaired) electrons.